The lowest BCUT2D eigenvalue weighted by molar-refractivity contribution is -0.0734. The van der Waals surface area contributed by atoms with Gasteiger partial charge in [0.15, 0.2) is 0 Å². The molecule has 0 saturated carbocycles. The zero-order valence-corrected chi connectivity index (χ0v) is 12.4. The van der Waals surface area contributed by atoms with E-state index in [1.165, 1.54) is 0 Å². The first-order chi connectivity index (χ1) is 10.8. The average Bonchev–Trinajstić information content (AvgIpc) is 2.96. The van der Waals surface area contributed by atoms with Crippen molar-refractivity contribution >= 4 is 5.91 Å². The van der Waals surface area contributed by atoms with E-state index in [1.54, 1.807) is 6.20 Å². The summed E-state index contributed by atoms with van der Waals surface area (Å²) in [7, 11) is 0. The van der Waals surface area contributed by atoms with E-state index in [-0.39, 0.29) is 5.91 Å². The van der Waals surface area contributed by atoms with Crippen LogP contribution in [-0.2, 0) is 23.2 Å². The number of aromatic nitrogens is 2. The molecule has 5 heteroatoms. The normalized spacial score (nSPS) is 19.1. The van der Waals surface area contributed by atoms with Crippen LogP contribution in [0.5, 0.6) is 0 Å². The Morgan fingerprint density at radius 3 is 2.77 bits per heavy atom. The molecule has 2 aliphatic rings. The van der Waals surface area contributed by atoms with Crippen LogP contribution < -0.4 is 5.32 Å². The van der Waals surface area contributed by atoms with E-state index in [1.807, 2.05) is 35.0 Å². The fourth-order valence-electron chi connectivity index (χ4n) is 3.27. The Kier molecular flexibility index (Phi) is 3.22. The molecule has 0 spiro atoms. The molecule has 114 valence electrons. The van der Waals surface area contributed by atoms with Crippen molar-refractivity contribution in [2.24, 2.45) is 0 Å². The van der Waals surface area contributed by atoms with Crippen LogP contribution in [0.3, 0.4) is 0 Å². The molecule has 1 fully saturated rings. The molecule has 0 unspecified atom stereocenters. The number of fused-ring (bicyclic) bond motifs is 1. The van der Waals surface area contributed by atoms with Gasteiger partial charge in [-0.2, -0.15) is 5.10 Å². The van der Waals surface area contributed by atoms with E-state index in [9.17, 15) is 4.79 Å². The van der Waals surface area contributed by atoms with Gasteiger partial charge in [0, 0.05) is 6.54 Å². The molecule has 1 saturated heterocycles. The lowest BCUT2D eigenvalue weighted by atomic mass is 9.87. The van der Waals surface area contributed by atoms with Crippen LogP contribution in [0.1, 0.15) is 34.5 Å². The molecule has 0 aliphatic carbocycles. The molecule has 3 heterocycles. The number of benzene rings is 1. The third-order valence-electron chi connectivity index (χ3n) is 4.60. The molecule has 4 rings (SSSR count). The van der Waals surface area contributed by atoms with E-state index in [0.717, 1.165) is 37.1 Å². The van der Waals surface area contributed by atoms with Gasteiger partial charge in [-0.15, -0.1) is 0 Å². The number of ether oxygens (including phenoxy) is 1. The van der Waals surface area contributed by atoms with E-state index in [4.69, 9.17) is 4.74 Å². The topological polar surface area (TPSA) is 56.1 Å². The summed E-state index contributed by atoms with van der Waals surface area (Å²) in [5.74, 6) is -0.0460. The number of hydrogen-bond donors (Lipinski definition) is 1. The number of nitrogens with zero attached hydrogens (tertiary/aromatic N) is 2. The van der Waals surface area contributed by atoms with Gasteiger partial charge < -0.3 is 10.1 Å². The predicted octanol–water partition coefficient (Wildman–Crippen LogP) is 1.87. The fourth-order valence-corrected chi connectivity index (χ4v) is 3.27. The maximum absolute atomic E-state index is 12.7. The maximum atomic E-state index is 12.7. The van der Waals surface area contributed by atoms with E-state index in [0.29, 0.717) is 18.8 Å². The summed E-state index contributed by atoms with van der Waals surface area (Å²) < 4.78 is 7.35. The second kappa shape index (κ2) is 5.25. The Morgan fingerprint density at radius 1 is 1.23 bits per heavy atom. The van der Waals surface area contributed by atoms with Gasteiger partial charge in [-0.25, -0.2) is 0 Å². The SMILES string of the molecule is O=C(NC1(c2ccccc2)COC1)c1cnn2c1CCCC2. The van der Waals surface area contributed by atoms with Gasteiger partial charge in [-0.05, 0) is 24.8 Å². The summed E-state index contributed by atoms with van der Waals surface area (Å²) >= 11 is 0. The number of rotatable bonds is 3. The monoisotopic (exact) mass is 297 g/mol. The number of aryl methyl sites for hydroxylation is 1. The van der Waals surface area contributed by atoms with Gasteiger partial charge in [0.2, 0.25) is 0 Å². The van der Waals surface area contributed by atoms with Crippen molar-refractivity contribution in [2.45, 2.75) is 31.3 Å². The van der Waals surface area contributed by atoms with Crippen molar-refractivity contribution < 1.29 is 9.53 Å². The molecule has 1 aromatic heterocycles. The average molecular weight is 297 g/mol. The van der Waals surface area contributed by atoms with Crippen LogP contribution in [-0.4, -0.2) is 28.9 Å². The van der Waals surface area contributed by atoms with Gasteiger partial charge in [-0.3, -0.25) is 9.48 Å². The molecule has 22 heavy (non-hydrogen) atoms. The summed E-state index contributed by atoms with van der Waals surface area (Å²) in [6, 6.07) is 10.0. The smallest absolute Gasteiger partial charge is 0.255 e. The van der Waals surface area contributed by atoms with Crippen LogP contribution >= 0.6 is 0 Å². The number of hydrogen-bond acceptors (Lipinski definition) is 3. The number of carbonyl (C=O) groups is 1. The van der Waals surface area contributed by atoms with E-state index in [2.05, 4.69) is 10.4 Å². The van der Waals surface area contributed by atoms with Gasteiger partial charge in [0.25, 0.3) is 5.91 Å². The van der Waals surface area contributed by atoms with Crippen molar-refractivity contribution in [3.05, 3.63) is 53.3 Å². The van der Waals surface area contributed by atoms with Gasteiger partial charge in [0.1, 0.15) is 5.54 Å². The molecule has 2 aromatic rings. The van der Waals surface area contributed by atoms with Gasteiger partial charge >= 0.3 is 0 Å². The number of nitrogens with one attached hydrogen (secondary N) is 1. The lowest BCUT2D eigenvalue weighted by Crippen LogP contribution is -2.59. The third-order valence-corrected chi connectivity index (χ3v) is 4.60. The first kappa shape index (κ1) is 13.5. The summed E-state index contributed by atoms with van der Waals surface area (Å²) in [6.07, 6.45) is 4.89. The summed E-state index contributed by atoms with van der Waals surface area (Å²) in [5.41, 5.74) is 2.46. The van der Waals surface area contributed by atoms with Crippen molar-refractivity contribution in [1.82, 2.24) is 15.1 Å². The highest BCUT2D eigenvalue weighted by molar-refractivity contribution is 5.95. The third kappa shape index (κ3) is 2.13. The molecule has 0 atom stereocenters. The lowest BCUT2D eigenvalue weighted by Gasteiger charge is -2.42. The molecule has 0 radical (unpaired) electrons. The van der Waals surface area contributed by atoms with Gasteiger partial charge in [0.05, 0.1) is 30.7 Å². The van der Waals surface area contributed by atoms with E-state index >= 15 is 0 Å². The first-order valence-electron chi connectivity index (χ1n) is 7.79. The van der Waals surface area contributed by atoms with Crippen LogP contribution in [0.2, 0.25) is 0 Å². The standard InChI is InChI=1S/C17H19N3O2/c21-16(14-10-18-20-9-5-4-8-15(14)20)19-17(11-22-12-17)13-6-2-1-3-7-13/h1-3,6-7,10H,4-5,8-9,11-12H2,(H,19,21). The number of amides is 1. The van der Waals surface area contributed by atoms with Crippen LogP contribution in [0.15, 0.2) is 36.5 Å². The Hall–Kier alpha value is -2.14. The fraction of sp³-hybridized carbons (Fsp3) is 0.412. The summed E-state index contributed by atoms with van der Waals surface area (Å²) in [6.45, 7) is 1.95. The minimum absolute atomic E-state index is 0.0460. The Morgan fingerprint density at radius 2 is 2.05 bits per heavy atom. The molecular formula is C17H19N3O2. The van der Waals surface area contributed by atoms with E-state index < -0.39 is 5.54 Å². The predicted molar refractivity (Wildman–Crippen MR) is 81.6 cm³/mol. The molecule has 0 bridgehead atoms. The van der Waals surface area contributed by atoms with Crippen LogP contribution in [0.25, 0.3) is 0 Å². The highest BCUT2D eigenvalue weighted by Gasteiger charge is 2.42. The Bertz CT molecular complexity index is 689. The number of carbonyl (C=O) groups excluding carboxylic acids is 1. The zero-order chi connectivity index (χ0) is 15.0. The van der Waals surface area contributed by atoms with Crippen LogP contribution in [0.4, 0.5) is 0 Å². The quantitative estimate of drug-likeness (QED) is 0.941. The Balaban J connectivity index is 1.60. The second-order valence-electron chi connectivity index (χ2n) is 6.08. The second-order valence-corrected chi connectivity index (χ2v) is 6.08. The Labute approximate surface area is 129 Å². The first-order valence-corrected chi connectivity index (χ1v) is 7.79. The molecule has 1 aromatic carbocycles. The molecule has 2 aliphatic heterocycles. The minimum Gasteiger partial charge on any atom is -0.376 e. The zero-order valence-electron chi connectivity index (χ0n) is 12.4. The van der Waals surface area contributed by atoms with Crippen molar-refractivity contribution in [1.29, 1.82) is 0 Å². The molecule has 1 N–H and O–H groups in total. The molecule has 5 nitrogen and oxygen atoms in total. The highest BCUT2D eigenvalue weighted by Crippen LogP contribution is 2.30. The van der Waals surface area contributed by atoms with Crippen molar-refractivity contribution in [3.8, 4) is 0 Å². The maximum Gasteiger partial charge on any atom is 0.255 e. The van der Waals surface area contributed by atoms with Crippen LogP contribution in [0, 0.1) is 0 Å². The van der Waals surface area contributed by atoms with Gasteiger partial charge in [-0.1, -0.05) is 30.3 Å². The highest BCUT2D eigenvalue weighted by atomic mass is 16.5. The minimum atomic E-state index is -0.401. The largest absolute Gasteiger partial charge is 0.376 e. The van der Waals surface area contributed by atoms with Crippen molar-refractivity contribution in [2.75, 3.05) is 13.2 Å². The molecular weight excluding hydrogens is 278 g/mol. The van der Waals surface area contributed by atoms with Crippen molar-refractivity contribution in [3.63, 3.8) is 0 Å². The summed E-state index contributed by atoms with van der Waals surface area (Å²) in [4.78, 5) is 12.7. The molecule has 1 amide bonds. The summed E-state index contributed by atoms with van der Waals surface area (Å²) in [5, 5.41) is 7.53.